The van der Waals surface area contributed by atoms with E-state index in [1.165, 1.54) is 12.2 Å². The number of carbonyl (C=O) groups excluding carboxylic acids is 3. The van der Waals surface area contributed by atoms with Crippen LogP contribution in [0.2, 0.25) is 0 Å². The summed E-state index contributed by atoms with van der Waals surface area (Å²) in [5, 5.41) is 11.5. The number of nitrogens with one attached hydrogen (secondary N) is 3. The monoisotopic (exact) mass is 537 g/mol. The van der Waals surface area contributed by atoms with Crippen LogP contribution >= 0.6 is 0 Å². The fourth-order valence-electron chi connectivity index (χ4n) is 4.47. The standard InChI is InChI=1S/C33H23N5O3/c39-29-19-11-21-5-1-3-7-27(21)31(29)37-35-25-13-9-23(10-14-25)33(41)34-24-15-17-26(18-16-24)36-38-32-28-8-4-2-6-22(28)12-20-30(32)40/h1-20,35-36H,(H,34,41)/b37-31+,38-32+. The van der Waals surface area contributed by atoms with Gasteiger partial charge in [0.25, 0.3) is 5.91 Å². The quantitative estimate of drug-likeness (QED) is 0.271. The lowest BCUT2D eigenvalue weighted by atomic mass is 9.95. The Morgan fingerprint density at radius 2 is 0.951 bits per heavy atom. The third-order valence-electron chi connectivity index (χ3n) is 6.61. The van der Waals surface area contributed by atoms with Gasteiger partial charge in [-0.1, -0.05) is 60.7 Å². The normalized spacial score (nSPS) is 15.4. The first-order valence-electron chi connectivity index (χ1n) is 12.9. The van der Waals surface area contributed by atoms with Gasteiger partial charge < -0.3 is 5.32 Å². The Morgan fingerprint density at radius 1 is 0.512 bits per heavy atom. The molecule has 8 nitrogen and oxygen atoms in total. The SMILES string of the molecule is O=C1C=Cc2ccccc2/C1=N\Nc1ccc(NC(=O)c2ccc(N/N=C3/C(=O)C=Cc4ccccc43)cc2)cc1. The molecule has 0 radical (unpaired) electrons. The molecule has 4 aromatic rings. The Hall–Kier alpha value is -5.89. The topological polar surface area (TPSA) is 112 Å². The van der Waals surface area contributed by atoms with Crippen molar-refractivity contribution in [2.75, 3.05) is 16.2 Å². The van der Waals surface area contributed by atoms with E-state index in [1.807, 2.05) is 48.5 Å². The zero-order chi connectivity index (χ0) is 28.2. The van der Waals surface area contributed by atoms with Gasteiger partial charge in [0.05, 0.1) is 11.4 Å². The Bertz CT molecular complexity index is 1800. The summed E-state index contributed by atoms with van der Waals surface area (Å²) in [4.78, 5) is 37.5. The lowest BCUT2D eigenvalue weighted by Gasteiger charge is -2.12. The number of anilines is 3. The number of benzene rings is 4. The van der Waals surface area contributed by atoms with Crippen LogP contribution in [0.1, 0.15) is 32.6 Å². The molecule has 0 fully saturated rings. The minimum atomic E-state index is -0.276. The lowest BCUT2D eigenvalue weighted by molar-refractivity contribution is -0.109. The number of fused-ring (bicyclic) bond motifs is 2. The highest BCUT2D eigenvalue weighted by molar-refractivity contribution is 6.52. The molecule has 3 N–H and O–H groups in total. The molecule has 0 bridgehead atoms. The van der Waals surface area contributed by atoms with Crippen molar-refractivity contribution in [3.63, 3.8) is 0 Å². The molecule has 41 heavy (non-hydrogen) atoms. The summed E-state index contributed by atoms with van der Waals surface area (Å²) in [6.07, 6.45) is 6.57. The van der Waals surface area contributed by atoms with Gasteiger partial charge in [-0.25, -0.2) is 0 Å². The van der Waals surface area contributed by atoms with E-state index in [-0.39, 0.29) is 17.5 Å². The van der Waals surface area contributed by atoms with Crippen LogP contribution in [0.4, 0.5) is 17.1 Å². The summed E-state index contributed by atoms with van der Waals surface area (Å²) >= 11 is 0. The minimum absolute atomic E-state index is 0.168. The van der Waals surface area contributed by atoms with E-state index in [0.717, 1.165) is 22.3 Å². The number of ketones is 2. The van der Waals surface area contributed by atoms with Gasteiger partial charge in [0.15, 0.2) is 0 Å². The van der Waals surface area contributed by atoms with E-state index in [1.54, 1.807) is 60.7 Å². The average Bonchev–Trinajstić information content (AvgIpc) is 3.01. The van der Waals surface area contributed by atoms with Gasteiger partial charge in [0, 0.05) is 22.4 Å². The van der Waals surface area contributed by atoms with Crippen LogP contribution in [0.3, 0.4) is 0 Å². The molecule has 0 saturated heterocycles. The van der Waals surface area contributed by atoms with Crippen molar-refractivity contribution in [3.8, 4) is 0 Å². The highest BCUT2D eigenvalue weighted by Crippen LogP contribution is 2.21. The van der Waals surface area contributed by atoms with Crippen molar-refractivity contribution in [1.82, 2.24) is 0 Å². The molecule has 2 aliphatic rings. The molecule has 1 amide bonds. The average molecular weight is 538 g/mol. The van der Waals surface area contributed by atoms with Crippen molar-refractivity contribution in [2.24, 2.45) is 10.2 Å². The lowest BCUT2D eigenvalue weighted by Crippen LogP contribution is -2.19. The number of allylic oxidation sites excluding steroid dienone is 2. The Kier molecular flexibility index (Phi) is 6.86. The van der Waals surface area contributed by atoms with E-state index in [9.17, 15) is 14.4 Å². The zero-order valence-electron chi connectivity index (χ0n) is 21.7. The van der Waals surface area contributed by atoms with Gasteiger partial charge in [0.2, 0.25) is 11.6 Å². The van der Waals surface area contributed by atoms with Crippen LogP contribution in [0.25, 0.3) is 12.2 Å². The van der Waals surface area contributed by atoms with Crippen LogP contribution in [0, 0.1) is 0 Å². The largest absolute Gasteiger partial charge is 0.322 e. The number of carbonyl (C=O) groups is 3. The first-order chi connectivity index (χ1) is 20.0. The molecule has 2 aliphatic carbocycles. The van der Waals surface area contributed by atoms with Gasteiger partial charge in [-0.05, 0) is 71.8 Å². The van der Waals surface area contributed by atoms with Crippen molar-refractivity contribution >= 4 is 58.1 Å². The molecular formula is C33H23N5O3. The molecule has 6 rings (SSSR count). The Labute approximate surface area is 235 Å². The summed E-state index contributed by atoms with van der Waals surface area (Å²) in [6, 6.07) is 28.9. The number of nitrogens with zero attached hydrogens (tertiary/aromatic N) is 2. The van der Waals surface area contributed by atoms with Crippen molar-refractivity contribution < 1.29 is 14.4 Å². The zero-order valence-corrected chi connectivity index (χ0v) is 21.7. The minimum Gasteiger partial charge on any atom is -0.322 e. The molecule has 8 heteroatoms. The van der Waals surface area contributed by atoms with Crippen LogP contribution < -0.4 is 16.2 Å². The summed E-state index contributed by atoms with van der Waals surface area (Å²) in [6.45, 7) is 0. The summed E-state index contributed by atoms with van der Waals surface area (Å²) in [5.41, 5.74) is 12.3. The fraction of sp³-hybridized carbons (Fsp3) is 0. The van der Waals surface area contributed by atoms with E-state index in [2.05, 4.69) is 26.4 Å². The Balaban J connectivity index is 1.08. The predicted molar refractivity (Wildman–Crippen MR) is 162 cm³/mol. The molecule has 0 aromatic heterocycles. The maximum Gasteiger partial charge on any atom is 0.255 e. The van der Waals surface area contributed by atoms with Gasteiger partial charge in [0.1, 0.15) is 11.4 Å². The van der Waals surface area contributed by atoms with Gasteiger partial charge >= 0.3 is 0 Å². The number of hydrazone groups is 2. The number of hydrogen-bond donors (Lipinski definition) is 3. The molecule has 198 valence electrons. The third-order valence-corrected chi connectivity index (χ3v) is 6.61. The smallest absolute Gasteiger partial charge is 0.255 e. The van der Waals surface area contributed by atoms with Crippen LogP contribution in [-0.2, 0) is 9.59 Å². The summed E-state index contributed by atoms with van der Waals surface area (Å²) in [7, 11) is 0. The van der Waals surface area contributed by atoms with Crippen LogP contribution in [0.5, 0.6) is 0 Å². The summed E-state index contributed by atoms with van der Waals surface area (Å²) < 4.78 is 0. The molecule has 0 saturated carbocycles. The van der Waals surface area contributed by atoms with E-state index < -0.39 is 0 Å². The second-order valence-electron chi connectivity index (χ2n) is 9.32. The van der Waals surface area contributed by atoms with Crippen LogP contribution in [0.15, 0.2) is 119 Å². The summed E-state index contributed by atoms with van der Waals surface area (Å²) in [5.74, 6) is -0.619. The molecule has 0 atom stereocenters. The van der Waals surface area contributed by atoms with Crippen molar-refractivity contribution in [2.45, 2.75) is 0 Å². The van der Waals surface area contributed by atoms with E-state index >= 15 is 0 Å². The van der Waals surface area contributed by atoms with Crippen molar-refractivity contribution in [3.05, 3.63) is 137 Å². The fourth-order valence-corrected chi connectivity index (χ4v) is 4.47. The van der Waals surface area contributed by atoms with Gasteiger partial charge in [-0.15, -0.1) is 0 Å². The number of hydrogen-bond acceptors (Lipinski definition) is 7. The highest BCUT2D eigenvalue weighted by atomic mass is 16.1. The predicted octanol–water partition coefficient (Wildman–Crippen LogP) is 5.76. The van der Waals surface area contributed by atoms with Gasteiger partial charge in [-0.3, -0.25) is 25.2 Å². The van der Waals surface area contributed by atoms with E-state index in [4.69, 9.17) is 0 Å². The highest BCUT2D eigenvalue weighted by Gasteiger charge is 2.19. The van der Waals surface area contributed by atoms with Gasteiger partial charge in [-0.2, -0.15) is 10.2 Å². The van der Waals surface area contributed by atoms with E-state index in [0.29, 0.717) is 34.0 Å². The maximum atomic E-state index is 12.8. The maximum absolute atomic E-state index is 12.8. The Morgan fingerprint density at radius 3 is 1.46 bits per heavy atom. The molecule has 0 aliphatic heterocycles. The third kappa shape index (κ3) is 5.48. The number of amides is 1. The number of rotatable bonds is 6. The molecule has 0 unspecified atom stereocenters. The van der Waals surface area contributed by atoms with Crippen molar-refractivity contribution in [1.29, 1.82) is 0 Å². The molecule has 0 spiro atoms. The molecule has 4 aromatic carbocycles. The van der Waals surface area contributed by atoms with Crippen LogP contribution in [-0.4, -0.2) is 28.9 Å². The first kappa shape index (κ1) is 25.4. The molecule has 0 heterocycles. The first-order valence-corrected chi connectivity index (χ1v) is 12.9. The second kappa shape index (κ2) is 11.1. The molecular weight excluding hydrogens is 514 g/mol. The second-order valence-corrected chi connectivity index (χ2v) is 9.32.